The molecule has 0 spiro atoms. The highest BCUT2D eigenvalue weighted by atomic mass is 15.3. The maximum absolute atomic E-state index is 5.61. The van der Waals surface area contributed by atoms with E-state index in [1.54, 1.807) is 6.07 Å². The van der Waals surface area contributed by atoms with Crippen molar-refractivity contribution in [3.63, 3.8) is 0 Å². The molecule has 0 aliphatic rings. The van der Waals surface area contributed by atoms with Crippen LogP contribution in [0.5, 0.6) is 0 Å². The van der Waals surface area contributed by atoms with Crippen molar-refractivity contribution in [1.82, 2.24) is 9.97 Å². The lowest BCUT2D eigenvalue weighted by Gasteiger charge is -2.16. The Hall–Kier alpha value is -2.34. The molecule has 0 fully saturated rings. The molecule has 19 heavy (non-hydrogen) atoms. The summed E-state index contributed by atoms with van der Waals surface area (Å²) in [5.41, 5.74) is 10.5. The lowest BCUT2D eigenvalue weighted by Crippen LogP contribution is -2.13. The summed E-state index contributed by atoms with van der Waals surface area (Å²) in [6, 6.07) is 10.1. The van der Waals surface area contributed by atoms with Gasteiger partial charge in [-0.15, -0.1) is 0 Å². The number of nitrogen functional groups attached to an aromatic ring is 2. The minimum Gasteiger partial charge on any atom is -0.368 e. The van der Waals surface area contributed by atoms with Gasteiger partial charge in [-0.3, -0.25) is 0 Å². The van der Waals surface area contributed by atoms with Crippen LogP contribution in [0.1, 0.15) is 24.1 Å². The Morgan fingerprint density at radius 1 is 1.11 bits per heavy atom. The van der Waals surface area contributed by atoms with E-state index in [2.05, 4.69) is 58.8 Å². The van der Waals surface area contributed by atoms with Gasteiger partial charge in [0, 0.05) is 12.1 Å². The van der Waals surface area contributed by atoms with Gasteiger partial charge >= 0.3 is 0 Å². The lowest BCUT2D eigenvalue weighted by atomic mass is 10.1. The fraction of sp³-hybridized carbons (Fsp3) is 0.231. The van der Waals surface area contributed by atoms with Crippen molar-refractivity contribution in [2.24, 2.45) is 5.84 Å². The summed E-state index contributed by atoms with van der Waals surface area (Å²) in [5, 5.41) is 3.27. The highest BCUT2D eigenvalue weighted by Gasteiger charge is 2.07. The molecule has 1 atom stereocenters. The molecule has 2 aromatic rings. The minimum absolute atomic E-state index is 0.112. The molecule has 1 aromatic heterocycles. The van der Waals surface area contributed by atoms with Crippen LogP contribution in [0.25, 0.3) is 0 Å². The van der Waals surface area contributed by atoms with E-state index in [-0.39, 0.29) is 12.0 Å². The molecule has 1 heterocycles. The third kappa shape index (κ3) is 3.32. The molecule has 0 radical (unpaired) electrons. The van der Waals surface area contributed by atoms with E-state index in [0.717, 1.165) is 0 Å². The molecular formula is C13H18N6. The summed E-state index contributed by atoms with van der Waals surface area (Å²) < 4.78 is 0. The molecular weight excluding hydrogens is 240 g/mol. The molecule has 0 bridgehead atoms. The third-order valence-corrected chi connectivity index (χ3v) is 2.83. The zero-order valence-electron chi connectivity index (χ0n) is 11.0. The van der Waals surface area contributed by atoms with Gasteiger partial charge in [0.1, 0.15) is 11.6 Å². The zero-order valence-corrected chi connectivity index (χ0v) is 11.0. The molecule has 0 saturated heterocycles. The average molecular weight is 258 g/mol. The fourth-order valence-electron chi connectivity index (χ4n) is 1.77. The van der Waals surface area contributed by atoms with Crippen LogP contribution in [0.2, 0.25) is 0 Å². The van der Waals surface area contributed by atoms with Gasteiger partial charge in [0.05, 0.1) is 0 Å². The normalized spacial score (nSPS) is 11.9. The number of aryl methyl sites for hydroxylation is 1. The molecule has 6 heteroatoms. The molecule has 100 valence electrons. The zero-order chi connectivity index (χ0) is 13.8. The van der Waals surface area contributed by atoms with Gasteiger partial charge in [-0.2, -0.15) is 9.97 Å². The third-order valence-electron chi connectivity index (χ3n) is 2.83. The van der Waals surface area contributed by atoms with Gasteiger partial charge < -0.3 is 16.5 Å². The van der Waals surface area contributed by atoms with Crippen LogP contribution >= 0.6 is 0 Å². The monoisotopic (exact) mass is 258 g/mol. The van der Waals surface area contributed by atoms with E-state index in [0.29, 0.717) is 11.6 Å². The SMILES string of the molecule is Cc1ccc(C(C)Nc2cc(NN)nc(N)n2)cc1. The van der Waals surface area contributed by atoms with E-state index in [1.807, 2.05) is 0 Å². The van der Waals surface area contributed by atoms with Crippen LogP contribution in [0.4, 0.5) is 17.6 Å². The second kappa shape index (κ2) is 5.53. The van der Waals surface area contributed by atoms with Gasteiger partial charge in [0.2, 0.25) is 5.95 Å². The first-order valence-electron chi connectivity index (χ1n) is 6.03. The first kappa shape index (κ1) is 13.1. The van der Waals surface area contributed by atoms with Crippen LogP contribution in [0.15, 0.2) is 30.3 Å². The van der Waals surface area contributed by atoms with Gasteiger partial charge in [-0.05, 0) is 19.4 Å². The predicted octanol–water partition coefficient (Wildman–Crippen LogP) is 1.83. The molecule has 2 rings (SSSR count). The summed E-state index contributed by atoms with van der Waals surface area (Å²) in [6.45, 7) is 4.12. The number of anilines is 3. The number of nitrogens with zero attached hydrogens (tertiary/aromatic N) is 2. The van der Waals surface area contributed by atoms with Gasteiger partial charge in [-0.1, -0.05) is 29.8 Å². The van der Waals surface area contributed by atoms with Crippen LogP contribution < -0.4 is 22.3 Å². The van der Waals surface area contributed by atoms with E-state index in [1.165, 1.54) is 11.1 Å². The fourth-order valence-corrected chi connectivity index (χ4v) is 1.77. The van der Waals surface area contributed by atoms with Crippen molar-refractivity contribution in [1.29, 1.82) is 0 Å². The average Bonchev–Trinajstić information content (AvgIpc) is 2.38. The van der Waals surface area contributed by atoms with Crippen molar-refractivity contribution in [3.8, 4) is 0 Å². The topological polar surface area (TPSA) is 102 Å². The summed E-state index contributed by atoms with van der Waals surface area (Å²) in [4.78, 5) is 8.06. The first-order chi connectivity index (χ1) is 9.08. The van der Waals surface area contributed by atoms with Crippen molar-refractivity contribution >= 4 is 17.6 Å². The number of nitrogens with two attached hydrogens (primary N) is 2. The molecule has 0 saturated carbocycles. The maximum Gasteiger partial charge on any atom is 0.223 e. The Labute approximate surface area is 112 Å². The van der Waals surface area contributed by atoms with Gasteiger partial charge in [0.25, 0.3) is 0 Å². The summed E-state index contributed by atoms with van der Waals surface area (Å²) in [6.07, 6.45) is 0. The number of hydrazine groups is 1. The number of rotatable bonds is 4. The molecule has 6 nitrogen and oxygen atoms in total. The molecule has 1 unspecified atom stereocenters. The number of nitrogens with one attached hydrogen (secondary N) is 2. The van der Waals surface area contributed by atoms with Gasteiger partial charge in [0.15, 0.2) is 0 Å². The van der Waals surface area contributed by atoms with Crippen molar-refractivity contribution in [2.45, 2.75) is 19.9 Å². The van der Waals surface area contributed by atoms with E-state index < -0.39 is 0 Å². The smallest absolute Gasteiger partial charge is 0.223 e. The highest BCUT2D eigenvalue weighted by molar-refractivity contribution is 5.51. The minimum atomic E-state index is 0.112. The molecule has 0 amide bonds. The largest absolute Gasteiger partial charge is 0.368 e. The Morgan fingerprint density at radius 2 is 1.74 bits per heavy atom. The summed E-state index contributed by atoms with van der Waals surface area (Å²) >= 11 is 0. The lowest BCUT2D eigenvalue weighted by molar-refractivity contribution is 0.872. The standard InChI is InChI=1S/C13H18N6/c1-8-3-5-10(6-4-8)9(2)16-11-7-12(19-15)18-13(14)17-11/h3-7,9H,15H2,1-2H3,(H4,14,16,17,18,19). The van der Waals surface area contributed by atoms with Crippen LogP contribution in [-0.4, -0.2) is 9.97 Å². The van der Waals surface area contributed by atoms with Crippen molar-refractivity contribution < 1.29 is 0 Å². The van der Waals surface area contributed by atoms with Crippen LogP contribution in [0.3, 0.4) is 0 Å². The second-order valence-electron chi connectivity index (χ2n) is 4.42. The quantitative estimate of drug-likeness (QED) is 0.493. The van der Waals surface area contributed by atoms with Crippen molar-refractivity contribution in [2.75, 3.05) is 16.5 Å². The Kier molecular flexibility index (Phi) is 3.82. The van der Waals surface area contributed by atoms with E-state index in [4.69, 9.17) is 11.6 Å². The van der Waals surface area contributed by atoms with Crippen LogP contribution in [0, 0.1) is 6.92 Å². The second-order valence-corrected chi connectivity index (χ2v) is 4.42. The van der Waals surface area contributed by atoms with E-state index >= 15 is 0 Å². The number of hydrogen-bond donors (Lipinski definition) is 4. The summed E-state index contributed by atoms with van der Waals surface area (Å²) in [7, 11) is 0. The predicted molar refractivity (Wildman–Crippen MR) is 77.5 cm³/mol. The van der Waals surface area contributed by atoms with Crippen LogP contribution in [-0.2, 0) is 0 Å². The first-order valence-corrected chi connectivity index (χ1v) is 6.03. The number of aromatic nitrogens is 2. The number of benzene rings is 1. The Morgan fingerprint density at radius 3 is 2.37 bits per heavy atom. The molecule has 0 aliphatic carbocycles. The van der Waals surface area contributed by atoms with E-state index in [9.17, 15) is 0 Å². The molecule has 0 aliphatic heterocycles. The summed E-state index contributed by atoms with van der Waals surface area (Å²) in [5.74, 6) is 6.61. The maximum atomic E-state index is 5.61. The van der Waals surface area contributed by atoms with Crippen molar-refractivity contribution in [3.05, 3.63) is 41.5 Å². The Balaban J connectivity index is 2.16. The van der Waals surface area contributed by atoms with Gasteiger partial charge in [-0.25, -0.2) is 5.84 Å². The Bertz CT molecular complexity index is 552. The molecule has 1 aromatic carbocycles. The highest BCUT2D eigenvalue weighted by Crippen LogP contribution is 2.20. The number of hydrogen-bond acceptors (Lipinski definition) is 6. The molecule has 6 N–H and O–H groups in total.